The van der Waals surface area contributed by atoms with Gasteiger partial charge in [0, 0.05) is 33.1 Å². The van der Waals surface area contributed by atoms with Crippen molar-refractivity contribution < 1.29 is 91.0 Å². The Kier molecular flexibility index (Phi) is 55.7. The second-order valence-electron chi connectivity index (χ2n) is 23.3. The molecule has 16 heteroatoms. The molecule has 0 aliphatic heterocycles. The van der Waals surface area contributed by atoms with Gasteiger partial charge in [-0.1, -0.05) is 161 Å². The van der Waals surface area contributed by atoms with E-state index in [-0.39, 0.29) is 99.1 Å². The Balaban J connectivity index is -0.0000296. The number of likely N-dealkylation sites (N-methyl/N-ethyl adjacent to an activating group) is 2. The molecule has 0 amide bonds. The van der Waals surface area contributed by atoms with Gasteiger partial charge in [-0.2, -0.15) is 0 Å². The first-order valence-corrected chi connectivity index (χ1v) is 31.4. The summed E-state index contributed by atoms with van der Waals surface area (Å²) in [5.74, 6) is -1.64. The van der Waals surface area contributed by atoms with Gasteiger partial charge in [0.15, 0.2) is 13.1 Å². The van der Waals surface area contributed by atoms with Crippen LogP contribution in [0.4, 0.5) is 0 Å². The quantitative estimate of drug-likeness (QED) is 0.0143. The standard InChI is InChI=1S/C64H118N2O12.2ClH/c1-10-13-16-19-26-35-42-49-64(77-60(69)47-40-33-29-24-20-22-27-31-38-45-58(43-36-17-14-11-2)75-62(71)54-65(6,7)50-52-73-56(4)67)78-61(70)48-41-34-30-25-21-23-28-32-39-46-59(44-37-18-15-12-3)76-63(72)55-66(8,9)51-53-74-57(5)68;;/h27-28,31-32,58-59,64H,10-26,29-30,33-55H2,1-9H3;2*1H/q+2;;/p-2. The molecule has 0 radical (unpaired) electrons. The molecule has 0 saturated heterocycles. The fourth-order valence-corrected chi connectivity index (χ4v) is 9.28. The zero-order valence-corrected chi connectivity index (χ0v) is 53.8. The molecule has 0 aromatic heterocycles. The van der Waals surface area contributed by atoms with Crippen molar-refractivity contribution in [1.82, 2.24) is 0 Å². The lowest BCUT2D eigenvalue weighted by Gasteiger charge is -2.29. The van der Waals surface area contributed by atoms with E-state index in [2.05, 4.69) is 45.1 Å². The zero-order valence-electron chi connectivity index (χ0n) is 52.3. The molecule has 14 nitrogen and oxygen atoms in total. The van der Waals surface area contributed by atoms with Crippen LogP contribution in [0.2, 0.25) is 0 Å². The van der Waals surface area contributed by atoms with Crippen LogP contribution in [0, 0.1) is 0 Å². The minimum Gasteiger partial charge on any atom is -1.00 e. The first kappa shape index (κ1) is 81.0. The van der Waals surface area contributed by atoms with Crippen LogP contribution in [0.5, 0.6) is 0 Å². The summed E-state index contributed by atoms with van der Waals surface area (Å²) < 4.78 is 34.5. The lowest BCUT2D eigenvalue weighted by molar-refractivity contribution is -0.883. The summed E-state index contributed by atoms with van der Waals surface area (Å²) in [6, 6.07) is 0. The maximum Gasteiger partial charge on any atom is 0.362 e. The van der Waals surface area contributed by atoms with Crippen LogP contribution >= 0.6 is 0 Å². The first-order valence-electron chi connectivity index (χ1n) is 31.4. The second-order valence-corrected chi connectivity index (χ2v) is 23.3. The number of quaternary nitrogens is 2. The number of ether oxygens (including phenoxy) is 6. The summed E-state index contributed by atoms with van der Waals surface area (Å²) >= 11 is 0. The lowest BCUT2D eigenvalue weighted by atomic mass is 10.0. The highest BCUT2D eigenvalue weighted by Gasteiger charge is 2.26. The fraction of sp³-hybridized carbons (Fsp3) is 0.844. The number of carbonyl (C=O) groups is 6. The molecule has 0 spiro atoms. The number of unbranched alkanes of at least 4 members (excludes halogenated alkanes) is 22. The SMILES string of the molecule is CCCCCCCCCC(OC(=O)CCCCCCCC=CCCC(CCCCCC)OC(=O)C[N+](C)(C)CCOC(C)=O)OC(=O)CCCCCCCC=CCCC(CCCCCC)OC(=O)C[N+](C)(C)CCOC(C)=O.[Cl-].[Cl-]. The molecule has 470 valence electrons. The van der Waals surface area contributed by atoms with E-state index < -0.39 is 6.29 Å². The Morgan fingerprint density at radius 2 is 0.675 bits per heavy atom. The molecule has 0 heterocycles. The molecular weight excluding hydrogens is 1060 g/mol. The largest absolute Gasteiger partial charge is 1.00 e. The van der Waals surface area contributed by atoms with E-state index in [0.717, 1.165) is 173 Å². The Labute approximate surface area is 500 Å². The third kappa shape index (κ3) is 55.3. The molecule has 0 aromatic carbocycles. The van der Waals surface area contributed by atoms with Gasteiger partial charge in [0.1, 0.15) is 38.5 Å². The Hall–Kier alpha value is -3.20. The number of hydrogen-bond donors (Lipinski definition) is 0. The number of esters is 6. The molecule has 0 N–H and O–H groups in total. The van der Waals surface area contributed by atoms with Crippen molar-refractivity contribution in [1.29, 1.82) is 0 Å². The van der Waals surface area contributed by atoms with Gasteiger partial charge in [0.05, 0.1) is 28.2 Å². The number of allylic oxidation sites excluding steroid dienone is 4. The molecule has 0 bridgehead atoms. The van der Waals surface area contributed by atoms with Gasteiger partial charge in [-0.3, -0.25) is 19.2 Å². The molecule has 0 aromatic rings. The van der Waals surface area contributed by atoms with Gasteiger partial charge in [-0.15, -0.1) is 0 Å². The molecule has 80 heavy (non-hydrogen) atoms. The number of halogens is 2. The Morgan fingerprint density at radius 3 is 1.05 bits per heavy atom. The number of carbonyl (C=O) groups excluding carboxylic acids is 6. The smallest absolute Gasteiger partial charge is 0.362 e. The lowest BCUT2D eigenvalue weighted by Crippen LogP contribution is -3.00. The third-order valence-corrected chi connectivity index (χ3v) is 14.2. The normalized spacial score (nSPS) is 12.8. The summed E-state index contributed by atoms with van der Waals surface area (Å²) in [6.07, 6.45) is 42.9. The van der Waals surface area contributed by atoms with Crippen molar-refractivity contribution in [3.63, 3.8) is 0 Å². The maximum atomic E-state index is 12.9. The average molecular weight is 1180 g/mol. The molecule has 0 saturated carbocycles. The topological polar surface area (TPSA) is 158 Å². The van der Waals surface area contributed by atoms with E-state index in [1.807, 2.05) is 28.2 Å². The van der Waals surface area contributed by atoms with Crippen LogP contribution in [0.25, 0.3) is 0 Å². The molecule has 0 fully saturated rings. The molecule has 0 rings (SSSR count). The molecular formula is C64H118Cl2N2O12. The van der Waals surface area contributed by atoms with Crippen molar-refractivity contribution >= 4 is 35.8 Å². The van der Waals surface area contributed by atoms with E-state index >= 15 is 0 Å². The summed E-state index contributed by atoms with van der Waals surface area (Å²) in [4.78, 5) is 74.0. The molecule has 0 aliphatic carbocycles. The summed E-state index contributed by atoms with van der Waals surface area (Å²) in [5, 5.41) is 0. The summed E-state index contributed by atoms with van der Waals surface area (Å²) in [6.45, 7) is 11.5. The number of nitrogens with zero attached hydrogens (tertiary/aromatic N) is 2. The average Bonchev–Trinajstić information content (AvgIpc) is 3.36. The highest BCUT2D eigenvalue weighted by Crippen LogP contribution is 2.19. The summed E-state index contributed by atoms with van der Waals surface area (Å²) in [7, 11) is 7.78. The minimum atomic E-state index is -0.821. The van der Waals surface area contributed by atoms with Crippen molar-refractivity contribution in [2.45, 2.75) is 284 Å². The van der Waals surface area contributed by atoms with Crippen LogP contribution in [0.15, 0.2) is 24.3 Å². The monoisotopic (exact) mass is 1180 g/mol. The Morgan fingerprint density at radius 1 is 0.362 bits per heavy atom. The van der Waals surface area contributed by atoms with Gasteiger partial charge in [-0.05, 0) is 96.3 Å². The van der Waals surface area contributed by atoms with E-state index in [9.17, 15) is 28.8 Å². The molecule has 0 aliphatic rings. The molecule has 2 atom stereocenters. The predicted molar refractivity (Wildman–Crippen MR) is 314 cm³/mol. The van der Waals surface area contributed by atoms with E-state index in [1.165, 1.54) is 52.4 Å². The van der Waals surface area contributed by atoms with Crippen molar-refractivity contribution in [2.24, 2.45) is 0 Å². The third-order valence-electron chi connectivity index (χ3n) is 14.2. The van der Waals surface area contributed by atoms with Gasteiger partial charge in [0.25, 0.3) is 0 Å². The van der Waals surface area contributed by atoms with E-state index in [4.69, 9.17) is 28.4 Å². The number of rotatable bonds is 54. The maximum absolute atomic E-state index is 12.9. The van der Waals surface area contributed by atoms with Crippen LogP contribution < -0.4 is 24.8 Å². The predicted octanol–water partition coefficient (Wildman–Crippen LogP) is 8.73. The van der Waals surface area contributed by atoms with Crippen LogP contribution in [0.1, 0.15) is 266 Å². The van der Waals surface area contributed by atoms with Crippen LogP contribution in [-0.2, 0) is 57.2 Å². The highest BCUT2D eigenvalue weighted by atomic mass is 35.5. The highest BCUT2D eigenvalue weighted by molar-refractivity contribution is 5.72. The van der Waals surface area contributed by atoms with Gasteiger partial charge >= 0.3 is 35.8 Å². The van der Waals surface area contributed by atoms with Gasteiger partial charge in [0.2, 0.25) is 6.29 Å². The van der Waals surface area contributed by atoms with Crippen LogP contribution in [0.3, 0.4) is 0 Å². The van der Waals surface area contributed by atoms with Gasteiger partial charge in [-0.25, -0.2) is 9.59 Å². The van der Waals surface area contributed by atoms with E-state index in [1.54, 1.807) is 0 Å². The van der Waals surface area contributed by atoms with Crippen molar-refractivity contribution in [2.75, 3.05) is 67.6 Å². The summed E-state index contributed by atoms with van der Waals surface area (Å²) in [5.41, 5.74) is 0. The Bertz CT molecular complexity index is 1500. The van der Waals surface area contributed by atoms with Crippen molar-refractivity contribution in [3.05, 3.63) is 24.3 Å². The van der Waals surface area contributed by atoms with Crippen molar-refractivity contribution in [3.8, 4) is 0 Å². The zero-order chi connectivity index (χ0) is 58.0. The van der Waals surface area contributed by atoms with Gasteiger partial charge < -0.3 is 62.2 Å². The van der Waals surface area contributed by atoms with E-state index in [0.29, 0.717) is 41.3 Å². The first-order chi connectivity index (χ1) is 37.4. The van der Waals surface area contributed by atoms with Crippen LogP contribution in [-0.4, -0.2) is 131 Å². The second kappa shape index (κ2) is 55.0. The fourth-order valence-electron chi connectivity index (χ4n) is 9.28. The molecule has 2 unspecified atom stereocenters. The minimum absolute atomic E-state index is 0. The number of hydrogen-bond acceptors (Lipinski definition) is 12.